The number of aromatic amines is 1. The zero-order valence-corrected chi connectivity index (χ0v) is 14.4. The van der Waals surface area contributed by atoms with Crippen LogP contribution in [-0.2, 0) is 6.61 Å². The molecule has 0 fully saturated rings. The third kappa shape index (κ3) is 3.54. The molecule has 2 aromatic carbocycles. The third-order valence-electron chi connectivity index (χ3n) is 3.37. The van der Waals surface area contributed by atoms with Gasteiger partial charge in [0.25, 0.3) is 0 Å². The molecule has 22 heavy (non-hydrogen) atoms. The molecule has 0 saturated carbocycles. The normalized spacial score (nSPS) is 10.7. The van der Waals surface area contributed by atoms with Gasteiger partial charge < -0.3 is 9.72 Å². The molecule has 1 heterocycles. The lowest BCUT2D eigenvalue weighted by Gasteiger charge is -2.11. The van der Waals surface area contributed by atoms with Crippen LogP contribution in [0, 0.1) is 6.92 Å². The van der Waals surface area contributed by atoms with Crippen LogP contribution < -0.4 is 4.74 Å². The highest BCUT2D eigenvalue weighted by Gasteiger charge is 2.09. The molecular formula is C18H15BrClNO. The fourth-order valence-corrected chi connectivity index (χ4v) is 2.71. The molecule has 3 rings (SSSR count). The van der Waals surface area contributed by atoms with Gasteiger partial charge in [0.15, 0.2) is 0 Å². The molecule has 0 aliphatic carbocycles. The number of nitrogens with one attached hydrogen (secondary N) is 1. The van der Waals surface area contributed by atoms with Gasteiger partial charge in [-0.2, -0.15) is 0 Å². The SMILES string of the molecule is Cc1ccc(-c2ccc(Br)cc2OCc2ccc(Cl)cc2)[nH]1. The summed E-state index contributed by atoms with van der Waals surface area (Å²) in [6.07, 6.45) is 0. The topological polar surface area (TPSA) is 25.0 Å². The van der Waals surface area contributed by atoms with Crippen LogP contribution >= 0.6 is 27.5 Å². The van der Waals surface area contributed by atoms with E-state index in [9.17, 15) is 0 Å². The Kier molecular flexibility index (Phi) is 4.55. The number of halogens is 2. The summed E-state index contributed by atoms with van der Waals surface area (Å²) in [6, 6.07) is 17.9. The van der Waals surface area contributed by atoms with Crippen molar-refractivity contribution < 1.29 is 4.74 Å². The number of hydrogen-bond acceptors (Lipinski definition) is 1. The van der Waals surface area contributed by atoms with E-state index < -0.39 is 0 Å². The maximum atomic E-state index is 6.01. The van der Waals surface area contributed by atoms with Crippen molar-refractivity contribution in [3.05, 3.63) is 75.4 Å². The first kappa shape index (κ1) is 15.2. The molecule has 0 saturated heterocycles. The molecule has 0 bridgehead atoms. The number of hydrogen-bond donors (Lipinski definition) is 1. The minimum Gasteiger partial charge on any atom is -0.488 e. The van der Waals surface area contributed by atoms with Crippen molar-refractivity contribution in [3.8, 4) is 17.0 Å². The summed E-state index contributed by atoms with van der Waals surface area (Å²) in [7, 11) is 0. The van der Waals surface area contributed by atoms with Gasteiger partial charge in [-0.15, -0.1) is 0 Å². The molecule has 0 aliphatic heterocycles. The largest absolute Gasteiger partial charge is 0.488 e. The average molecular weight is 377 g/mol. The molecule has 112 valence electrons. The molecule has 0 radical (unpaired) electrons. The Morgan fingerprint density at radius 2 is 1.82 bits per heavy atom. The lowest BCUT2D eigenvalue weighted by atomic mass is 10.1. The smallest absolute Gasteiger partial charge is 0.130 e. The Morgan fingerprint density at radius 1 is 1.05 bits per heavy atom. The number of rotatable bonds is 4. The predicted molar refractivity (Wildman–Crippen MR) is 94.4 cm³/mol. The summed E-state index contributed by atoms with van der Waals surface area (Å²) < 4.78 is 7.01. The minimum atomic E-state index is 0.500. The maximum Gasteiger partial charge on any atom is 0.130 e. The van der Waals surface area contributed by atoms with E-state index in [1.807, 2.05) is 49.4 Å². The van der Waals surface area contributed by atoms with Crippen LogP contribution in [0.25, 0.3) is 11.3 Å². The molecule has 0 amide bonds. The van der Waals surface area contributed by atoms with E-state index in [0.717, 1.165) is 37.8 Å². The van der Waals surface area contributed by atoms with E-state index in [0.29, 0.717) is 6.61 Å². The molecule has 1 N–H and O–H groups in total. The van der Waals surface area contributed by atoms with Gasteiger partial charge in [-0.05, 0) is 55.0 Å². The summed E-state index contributed by atoms with van der Waals surface area (Å²) in [5.74, 6) is 0.839. The van der Waals surface area contributed by atoms with Crippen molar-refractivity contribution in [2.24, 2.45) is 0 Å². The Balaban J connectivity index is 1.86. The van der Waals surface area contributed by atoms with Crippen molar-refractivity contribution in [1.82, 2.24) is 4.98 Å². The third-order valence-corrected chi connectivity index (χ3v) is 4.12. The van der Waals surface area contributed by atoms with Crippen molar-refractivity contribution in [1.29, 1.82) is 0 Å². The molecule has 4 heteroatoms. The Hall–Kier alpha value is -1.71. The van der Waals surface area contributed by atoms with E-state index in [4.69, 9.17) is 16.3 Å². The van der Waals surface area contributed by atoms with Crippen LogP contribution in [0.4, 0.5) is 0 Å². The Labute approximate surface area is 143 Å². The fourth-order valence-electron chi connectivity index (χ4n) is 2.24. The first-order chi connectivity index (χ1) is 10.6. The number of ether oxygens (including phenoxy) is 1. The highest BCUT2D eigenvalue weighted by atomic mass is 79.9. The number of aryl methyl sites for hydroxylation is 1. The number of aromatic nitrogens is 1. The van der Waals surface area contributed by atoms with Gasteiger partial charge in [-0.3, -0.25) is 0 Å². The highest BCUT2D eigenvalue weighted by molar-refractivity contribution is 9.10. The molecule has 0 unspecified atom stereocenters. The molecule has 0 spiro atoms. The van der Waals surface area contributed by atoms with E-state index >= 15 is 0 Å². The number of benzene rings is 2. The summed E-state index contributed by atoms with van der Waals surface area (Å²) in [4.78, 5) is 3.35. The lowest BCUT2D eigenvalue weighted by Crippen LogP contribution is -1.97. The van der Waals surface area contributed by atoms with Crippen molar-refractivity contribution in [2.75, 3.05) is 0 Å². The van der Waals surface area contributed by atoms with Crippen LogP contribution in [0.5, 0.6) is 5.75 Å². The summed E-state index contributed by atoms with van der Waals surface area (Å²) in [5, 5.41) is 0.730. The maximum absolute atomic E-state index is 6.01. The van der Waals surface area contributed by atoms with Gasteiger partial charge in [0, 0.05) is 26.4 Å². The molecule has 2 nitrogen and oxygen atoms in total. The van der Waals surface area contributed by atoms with E-state index in [-0.39, 0.29) is 0 Å². The second kappa shape index (κ2) is 6.59. The second-order valence-electron chi connectivity index (χ2n) is 5.11. The predicted octanol–water partition coefficient (Wildman–Crippen LogP) is 5.99. The van der Waals surface area contributed by atoms with Gasteiger partial charge in [-0.25, -0.2) is 0 Å². The van der Waals surface area contributed by atoms with Gasteiger partial charge in [0.2, 0.25) is 0 Å². The molecule has 1 aromatic heterocycles. The van der Waals surface area contributed by atoms with Crippen LogP contribution in [0.1, 0.15) is 11.3 Å². The molecule has 0 aliphatic rings. The quantitative estimate of drug-likeness (QED) is 0.595. The van der Waals surface area contributed by atoms with Gasteiger partial charge in [0.05, 0.1) is 0 Å². The first-order valence-corrected chi connectivity index (χ1v) is 8.12. The second-order valence-corrected chi connectivity index (χ2v) is 6.46. The summed E-state index contributed by atoms with van der Waals surface area (Å²) >= 11 is 9.41. The van der Waals surface area contributed by atoms with Crippen molar-refractivity contribution in [2.45, 2.75) is 13.5 Å². The standard InChI is InChI=1S/C18H15BrClNO/c1-12-2-9-17(21-12)16-8-5-14(19)10-18(16)22-11-13-3-6-15(20)7-4-13/h2-10,21H,11H2,1H3. The van der Waals surface area contributed by atoms with E-state index in [1.165, 1.54) is 0 Å². The van der Waals surface area contributed by atoms with Crippen LogP contribution in [0.2, 0.25) is 5.02 Å². The summed E-state index contributed by atoms with van der Waals surface area (Å²) in [5.41, 5.74) is 4.31. The van der Waals surface area contributed by atoms with E-state index in [2.05, 4.69) is 33.0 Å². The minimum absolute atomic E-state index is 0.500. The average Bonchev–Trinajstić information content (AvgIpc) is 2.93. The Bertz CT molecular complexity index is 780. The van der Waals surface area contributed by atoms with Crippen molar-refractivity contribution >= 4 is 27.5 Å². The monoisotopic (exact) mass is 375 g/mol. The summed E-state index contributed by atoms with van der Waals surface area (Å²) in [6.45, 7) is 2.54. The van der Waals surface area contributed by atoms with Crippen LogP contribution in [0.15, 0.2) is 59.1 Å². The molecule has 3 aromatic rings. The van der Waals surface area contributed by atoms with Gasteiger partial charge in [-0.1, -0.05) is 39.7 Å². The lowest BCUT2D eigenvalue weighted by molar-refractivity contribution is 0.307. The molecule has 0 atom stereocenters. The zero-order valence-electron chi connectivity index (χ0n) is 12.1. The number of H-pyrrole nitrogens is 1. The first-order valence-electron chi connectivity index (χ1n) is 6.94. The molecular weight excluding hydrogens is 362 g/mol. The highest BCUT2D eigenvalue weighted by Crippen LogP contribution is 2.32. The van der Waals surface area contributed by atoms with Crippen LogP contribution in [0.3, 0.4) is 0 Å². The van der Waals surface area contributed by atoms with Crippen molar-refractivity contribution in [3.63, 3.8) is 0 Å². The van der Waals surface area contributed by atoms with Gasteiger partial charge in [0.1, 0.15) is 12.4 Å². The van der Waals surface area contributed by atoms with E-state index in [1.54, 1.807) is 0 Å². The van der Waals surface area contributed by atoms with Gasteiger partial charge >= 0.3 is 0 Å². The van der Waals surface area contributed by atoms with Crippen LogP contribution in [-0.4, -0.2) is 4.98 Å². The fraction of sp³-hybridized carbons (Fsp3) is 0.111. The zero-order chi connectivity index (χ0) is 15.5. The Morgan fingerprint density at radius 3 is 2.50 bits per heavy atom.